The van der Waals surface area contributed by atoms with E-state index in [0.717, 1.165) is 25.1 Å². The SMILES string of the molecule is COC1CC(NCc2cc(C)ccc2N)C1. The van der Waals surface area contributed by atoms with Gasteiger partial charge >= 0.3 is 0 Å². The molecule has 1 aromatic rings. The lowest BCUT2D eigenvalue weighted by Crippen LogP contribution is -2.44. The van der Waals surface area contributed by atoms with Crippen molar-refractivity contribution in [3.05, 3.63) is 29.3 Å². The van der Waals surface area contributed by atoms with Crippen LogP contribution in [0.2, 0.25) is 0 Å². The van der Waals surface area contributed by atoms with Crippen LogP contribution in [0.3, 0.4) is 0 Å². The van der Waals surface area contributed by atoms with Gasteiger partial charge in [0.25, 0.3) is 0 Å². The number of rotatable bonds is 4. The molecule has 0 spiro atoms. The molecule has 0 atom stereocenters. The number of hydrogen-bond donors (Lipinski definition) is 2. The van der Waals surface area contributed by atoms with Crippen LogP contribution >= 0.6 is 0 Å². The van der Waals surface area contributed by atoms with Crippen molar-refractivity contribution in [2.45, 2.75) is 38.5 Å². The summed E-state index contributed by atoms with van der Waals surface area (Å²) >= 11 is 0. The summed E-state index contributed by atoms with van der Waals surface area (Å²) in [6, 6.07) is 6.76. The molecule has 1 aromatic carbocycles. The predicted molar refractivity (Wildman–Crippen MR) is 66.3 cm³/mol. The zero-order chi connectivity index (χ0) is 11.5. The summed E-state index contributed by atoms with van der Waals surface area (Å²) < 4.78 is 5.25. The van der Waals surface area contributed by atoms with Crippen LogP contribution in [0.5, 0.6) is 0 Å². The summed E-state index contributed by atoms with van der Waals surface area (Å²) in [5.41, 5.74) is 9.25. The van der Waals surface area contributed by atoms with E-state index < -0.39 is 0 Å². The number of aryl methyl sites for hydroxylation is 1. The van der Waals surface area contributed by atoms with Crippen molar-refractivity contribution in [1.82, 2.24) is 5.32 Å². The van der Waals surface area contributed by atoms with Gasteiger partial charge in [0.15, 0.2) is 0 Å². The maximum atomic E-state index is 5.92. The maximum absolute atomic E-state index is 5.92. The average Bonchev–Trinajstić information content (AvgIpc) is 2.21. The summed E-state index contributed by atoms with van der Waals surface area (Å²) in [4.78, 5) is 0. The van der Waals surface area contributed by atoms with E-state index in [1.165, 1.54) is 11.1 Å². The number of anilines is 1. The molecule has 1 saturated carbocycles. The van der Waals surface area contributed by atoms with E-state index in [1.54, 1.807) is 7.11 Å². The van der Waals surface area contributed by atoms with E-state index in [2.05, 4.69) is 18.3 Å². The highest BCUT2D eigenvalue weighted by Gasteiger charge is 2.28. The van der Waals surface area contributed by atoms with Gasteiger partial charge in [-0.15, -0.1) is 0 Å². The summed E-state index contributed by atoms with van der Waals surface area (Å²) in [6.45, 7) is 2.95. The monoisotopic (exact) mass is 220 g/mol. The number of hydrogen-bond acceptors (Lipinski definition) is 3. The molecular formula is C13H20N2O. The maximum Gasteiger partial charge on any atom is 0.0601 e. The molecule has 0 amide bonds. The topological polar surface area (TPSA) is 47.3 Å². The minimum Gasteiger partial charge on any atom is -0.398 e. The molecule has 3 nitrogen and oxygen atoms in total. The van der Waals surface area contributed by atoms with Gasteiger partial charge in [0.05, 0.1) is 6.10 Å². The fourth-order valence-electron chi connectivity index (χ4n) is 2.07. The fraction of sp³-hybridized carbons (Fsp3) is 0.538. The van der Waals surface area contributed by atoms with Gasteiger partial charge in [0, 0.05) is 25.4 Å². The second kappa shape index (κ2) is 4.85. The highest BCUT2D eigenvalue weighted by atomic mass is 16.5. The first-order chi connectivity index (χ1) is 7.69. The van der Waals surface area contributed by atoms with E-state index >= 15 is 0 Å². The molecule has 0 heterocycles. The molecule has 16 heavy (non-hydrogen) atoms. The first-order valence-electron chi connectivity index (χ1n) is 5.80. The molecular weight excluding hydrogens is 200 g/mol. The van der Waals surface area contributed by atoms with E-state index in [4.69, 9.17) is 10.5 Å². The number of nitrogens with two attached hydrogens (primary N) is 1. The van der Waals surface area contributed by atoms with Crippen LogP contribution in [0.1, 0.15) is 24.0 Å². The van der Waals surface area contributed by atoms with Gasteiger partial charge in [-0.1, -0.05) is 17.7 Å². The van der Waals surface area contributed by atoms with E-state index in [-0.39, 0.29) is 0 Å². The Bertz CT molecular complexity index is 359. The molecule has 1 aliphatic carbocycles. The third kappa shape index (κ3) is 2.54. The van der Waals surface area contributed by atoms with Crippen molar-refractivity contribution < 1.29 is 4.74 Å². The lowest BCUT2D eigenvalue weighted by atomic mass is 9.89. The second-order valence-corrected chi connectivity index (χ2v) is 4.61. The highest BCUT2D eigenvalue weighted by molar-refractivity contribution is 5.48. The Labute approximate surface area is 97.0 Å². The van der Waals surface area contributed by atoms with E-state index in [1.807, 2.05) is 12.1 Å². The molecule has 0 bridgehead atoms. The summed E-state index contributed by atoms with van der Waals surface area (Å²) in [6.07, 6.45) is 2.68. The van der Waals surface area contributed by atoms with Crippen LogP contribution in [0.25, 0.3) is 0 Å². The first-order valence-corrected chi connectivity index (χ1v) is 5.80. The van der Waals surface area contributed by atoms with Crippen molar-refractivity contribution >= 4 is 5.69 Å². The van der Waals surface area contributed by atoms with Crippen molar-refractivity contribution in [1.29, 1.82) is 0 Å². The molecule has 0 unspecified atom stereocenters. The number of ether oxygens (including phenoxy) is 1. The summed E-state index contributed by atoms with van der Waals surface area (Å²) in [7, 11) is 1.78. The minimum absolute atomic E-state index is 0.451. The van der Waals surface area contributed by atoms with Gasteiger partial charge in [-0.05, 0) is 31.4 Å². The Hall–Kier alpha value is -1.06. The standard InChI is InChI=1S/C13H20N2O/c1-9-3-4-13(14)10(5-9)8-15-11-6-12(7-11)16-2/h3-5,11-12,15H,6-8,14H2,1-2H3. The van der Waals surface area contributed by atoms with Crippen molar-refractivity contribution in [2.75, 3.05) is 12.8 Å². The fourth-order valence-corrected chi connectivity index (χ4v) is 2.07. The van der Waals surface area contributed by atoms with Gasteiger partial charge in [0.2, 0.25) is 0 Å². The van der Waals surface area contributed by atoms with Crippen LogP contribution in [-0.2, 0) is 11.3 Å². The summed E-state index contributed by atoms with van der Waals surface area (Å²) in [5.74, 6) is 0. The highest BCUT2D eigenvalue weighted by Crippen LogP contribution is 2.23. The zero-order valence-corrected chi connectivity index (χ0v) is 9.99. The molecule has 2 rings (SSSR count). The second-order valence-electron chi connectivity index (χ2n) is 4.61. The molecule has 0 radical (unpaired) electrons. The summed E-state index contributed by atoms with van der Waals surface area (Å²) in [5, 5.41) is 3.51. The van der Waals surface area contributed by atoms with Gasteiger partial charge in [-0.3, -0.25) is 0 Å². The van der Waals surface area contributed by atoms with Gasteiger partial charge in [0.1, 0.15) is 0 Å². The average molecular weight is 220 g/mol. The molecule has 0 aliphatic heterocycles. The molecule has 3 N–H and O–H groups in total. The minimum atomic E-state index is 0.451. The van der Waals surface area contributed by atoms with Gasteiger partial charge in [-0.2, -0.15) is 0 Å². The lowest BCUT2D eigenvalue weighted by molar-refractivity contribution is 0.0170. The van der Waals surface area contributed by atoms with Crippen LogP contribution < -0.4 is 11.1 Å². The van der Waals surface area contributed by atoms with Crippen LogP contribution in [0.4, 0.5) is 5.69 Å². The molecule has 0 saturated heterocycles. The molecule has 1 fully saturated rings. The van der Waals surface area contributed by atoms with Gasteiger partial charge < -0.3 is 15.8 Å². The van der Waals surface area contributed by atoms with Crippen LogP contribution in [0.15, 0.2) is 18.2 Å². The Morgan fingerprint density at radius 2 is 2.19 bits per heavy atom. The number of nitrogen functional groups attached to an aromatic ring is 1. The first kappa shape index (κ1) is 11.4. The third-order valence-corrected chi connectivity index (χ3v) is 3.31. The predicted octanol–water partition coefficient (Wildman–Crippen LogP) is 1.84. The Balaban J connectivity index is 1.83. The normalized spacial score (nSPS) is 24.1. The Kier molecular flexibility index (Phi) is 3.46. The van der Waals surface area contributed by atoms with Crippen LogP contribution in [0, 0.1) is 6.92 Å². The lowest BCUT2D eigenvalue weighted by Gasteiger charge is -2.34. The van der Waals surface area contributed by atoms with Crippen molar-refractivity contribution in [3.63, 3.8) is 0 Å². The molecule has 1 aliphatic rings. The van der Waals surface area contributed by atoms with Crippen molar-refractivity contribution in [3.8, 4) is 0 Å². The molecule has 3 heteroatoms. The van der Waals surface area contributed by atoms with E-state index in [9.17, 15) is 0 Å². The number of benzene rings is 1. The number of nitrogens with one attached hydrogen (secondary N) is 1. The van der Waals surface area contributed by atoms with E-state index in [0.29, 0.717) is 12.1 Å². The third-order valence-electron chi connectivity index (χ3n) is 3.31. The molecule has 0 aromatic heterocycles. The smallest absolute Gasteiger partial charge is 0.0601 e. The number of methoxy groups -OCH3 is 1. The van der Waals surface area contributed by atoms with Crippen molar-refractivity contribution in [2.24, 2.45) is 0 Å². The molecule has 88 valence electrons. The van der Waals surface area contributed by atoms with Gasteiger partial charge in [-0.25, -0.2) is 0 Å². The zero-order valence-electron chi connectivity index (χ0n) is 9.99. The Morgan fingerprint density at radius 3 is 2.88 bits per heavy atom. The Morgan fingerprint density at radius 1 is 1.44 bits per heavy atom. The van der Waals surface area contributed by atoms with Crippen LogP contribution in [-0.4, -0.2) is 19.3 Å². The quantitative estimate of drug-likeness (QED) is 0.761. The largest absolute Gasteiger partial charge is 0.398 e.